The highest BCUT2D eigenvalue weighted by Crippen LogP contribution is 2.14. The van der Waals surface area contributed by atoms with Crippen molar-refractivity contribution in [1.29, 1.82) is 0 Å². The number of aliphatic hydroxyl groups is 1. The second-order valence-corrected chi connectivity index (χ2v) is 4.42. The van der Waals surface area contributed by atoms with E-state index in [1.165, 1.54) is 4.80 Å². The zero-order valence-corrected chi connectivity index (χ0v) is 9.32. The number of hydrogen-bond donors (Lipinski definition) is 3. The van der Waals surface area contributed by atoms with Gasteiger partial charge in [0.25, 0.3) is 0 Å². The van der Waals surface area contributed by atoms with Crippen molar-refractivity contribution in [3.8, 4) is 0 Å². The Bertz CT molecular complexity index is 383. The van der Waals surface area contributed by atoms with Crippen LogP contribution in [0.15, 0.2) is 0 Å². The monoisotopic (exact) mass is 229 g/mol. The third kappa shape index (κ3) is 2.52. The van der Waals surface area contributed by atoms with Gasteiger partial charge in [0.2, 0.25) is 5.82 Å². The molecule has 0 spiro atoms. The summed E-state index contributed by atoms with van der Waals surface area (Å²) in [6.07, 6.45) is -1.46. The smallest absolute Gasteiger partial charge is 0.323 e. The van der Waals surface area contributed by atoms with E-state index in [2.05, 4.69) is 15.4 Å². The second kappa shape index (κ2) is 4.14. The quantitative estimate of drug-likeness (QED) is 0.598. The van der Waals surface area contributed by atoms with Crippen molar-refractivity contribution in [2.45, 2.75) is 38.5 Å². The number of carboxylic acid groups (broad SMARTS) is 1. The summed E-state index contributed by atoms with van der Waals surface area (Å²) in [5.74, 6) is -1.41. The molecule has 0 aromatic carbocycles. The third-order valence-corrected chi connectivity index (χ3v) is 1.92. The average Bonchev–Trinajstić information content (AvgIpc) is 2.63. The lowest BCUT2D eigenvalue weighted by atomic mass is 10.1. The minimum atomic E-state index is -1.46. The molecular formula is C8H15N5O3. The summed E-state index contributed by atoms with van der Waals surface area (Å²) in [4.78, 5) is 11.8. The summed E-state index contributed by atoms with van der Waals surface area (Å²) in [6, 6.07) is -1.46. The van der Waals surface area contributed by atoms with Crippen molar-refractivity contribution in [2.24, 2.45) is 5.73 Å². The van der Waals surface area contributed by atoms with Gasteiger partial charge in [-0.3, -0.25) is 4.79 Å². The van der Waals surface area contributed by atoms with Gasteiger partial charge in [0.15, 0.2) is 0 Å². The predicted octanol–water partition coefficient (Wildman–Crippen LogP) is -1.13. The number of aliphatic hydroxyl groups excluding tert-OH is 1. The van der Waals surface area contributed by atoms with Gasteiger partial charge in [-0.1, -0.05) is 0 Å². The van der Waals surface area contributed by atoms with Crippen LogP contribution < -0.4 is 5.73 Å². The highest BCUT2D eigenvalue weighted by molar-refractivity contribution is 5.73. The van der Waals surface area contributed by atoms with Crippen LogP contribution >= 0.6 is 0 Å². The van der Waals surface area contributed by atoms with Crippen LogP contribution in [0.1, 0.15) is 32.7 Å². The van der Waals surface area contributed by atoms with Crippen LogP contribution in [0.2, 0.25) is 0 Å². The Hall–Kier alpha value is -1.54. The first kappa shape index (κ1) is 12.5. The molecule has 2 atom stereocenters. The maximum absolute atomic E-state index is 10.5. The van der Waals surface area contributed by atoms with Gasteiger partial charge in [-0.25, -0.2) is 0 Å². The number of rotatable bonds is 3. The summed E-state index contributed by atoms with van der Waals surface area (Å²) in [6.45, 7) is 5.55. The molecule has 0 radical (unpaired) electrons. The van der Waals surface area contributed by atoms with E-state index in [1.807, 2.05) is 20.8 Å². The van der Waals surface area contributed by atoms with Gasteiger partial charge >= 0.3 is 5.97 Å². The van der Waals surface area contributed by atoms with Crippen LogP contribution in [0.3, 0.4) is 0 Å². The van der Waals surface area contributed by atoms with Gasteiger partial charge in [0, 0.05) is 0 Å². The summed E-state index contributed by atoms with van der Waals surface area (Å²) >= 11 is 0. The molecule has 8 heteroatoms. The first-order valence-corrected chi connectivity index (χ1v) is 4.70. The van der Waals surface area contributed by atoms with Gasteiger partial charge in [-0.2, -0.15) is 4.80 Å². The van der Waals surface area contributed by atoms with E-state index in [0.29, 0.717) is 0 Å². The summed E-state index contributed by atoms with van der Waals surface area (Å²) < 4.78 is 0. The number of aliphatic carboxylic acids is 1. The zero-order chi connectivity index (χ0) is 12.5. The number of tetrazole rings is 1. The molecule has 0 saturated carbocycles. The first-order valence-electron chi connectivity index (χ1n) is 4.70. The van der Waals surface area contributed by atoms with E-state index in [9.17, 15) is 9.90 Å². The Balaban J connectivity index is 2.90. The Morgan fingerprint density at radius 1 is 1.50 bits per heavy atom. The Morgan fingerprint density at radius 3 is 2.44 bits per heavy atom. The zero-order valence-electron chi connectivity index (χ0n) is 9.32. The minimum Gasteiger partial charge on any atom is -0.480 e. The molecular weight excluding hydrogens is 214 g/mol. The maximum atomic E-state index is 10.5. The van der Waals surface area contributed by atoms with Crippen LogP contribution in [0.5, 0.6) is 0 Å². The van der Waals surface area contributed by atoms with E-state index in [4.69, 9.17) is 10.8 Å². The molecule has 1 aromatic rings. The molecule has 4 N–H and O–H groups in total. The van der Waals surface area contributed by atoms with E-state index < -0.39 is 23.7 Å². The number of hydrogen-bond acceptors (Lipinski definition) is 6. The fourth-order valence-electron chi connectivity index (χ4n) is 0.923. The summed E-state index contributed by atoms with van der Waals surface area (Å²) in [5.41, 5.74) is 4.85. The Kier molecular flexibility index (Phi) is 3.24. The van der Waals surface area contributed by atoms with E-state index >= 15 is 0 Å². The van der Waals surface area contributed by atoms with Crippen LogP contribution in [0.25, 0.3) is 0 Å². The van der Waals surface area contributed by atoms with E-state index in [1.54, 1.807) is 0 Å². The second-order valence-electron chi connectivity index (χ2n) is 4.42. The largest absolute Gasteiger partial charge is 0.480 e. The molecule has 1 heterocycles. The van der Waals surface area contributed by atoms with Gasteiger partial charge in [0.05, 0.1) is 5.54 Å². The number of nitrogens with two attached hydrogens (primary N) is 1. The number of carbonyl (C=O) groups is 1. The highest BCUT2D eigenvalue weighted by Gasteiger charge is 2.28. The fourth-order valence-corrected chi connectivity index (χ4v) is 0.923. The first-order chi connectivity index (χ1) is 7.23. The van der Waals surface area contributed by atoms with Crippen molar-refractivity contribution in [2.75, 3.05) is 0 Å². The Labute approximate surface area is 92.1 Å². The van der Waals surface area contributed by atoms with Crippen LogP contribution in [-0.4, -0.2) is 42.4 Å². The molecule has 0 aliphatic heterocycles. The maximum Gasteiger partial charge on any atom is 0.323 e. The van der Waals surface area contributed by atoms with Gasteiger partial charge in [-0.15, -0.1) is 10.2 Å². The summed E-state index contributed by atoms with van der Waals surface area (Å²) in [7, 11) is 0. The van der Waals surface area contributed by atoms with Crippen molar-refractivity contribution in [1.82, 2.24) is 20.2 Å². The van der Waals surface area contributed by atoms with Gasteiger partial charge < -0.3 is 15.9 Å². The number of carboxylic acids is 1. The molecule has 1 aromatic heterocycles. The lowest BCUT2D eigenvalue weighted by molar-refractivity contribution is -0.141. The molecule has 0 fully saturated rings. The molecule has 16 heavy (non-hydrogen) atoms. The van der Waals surface area contributed by atoms with Crippen molar-refractivity contribution in [3.05, 3.63) is 5.82 Å². The molecule has 0 aliphatic carbocycles. The fraction of sp³-hybridized carbons (Fsp3) is 0.750. The molecule has 0 aliphatic rings. The van der Waals surface area contributed by atoms with Crippen molar-refractivity contribution >= 4 is 5.97 Å². The van der Waals surface area contributed by atoms with Crippen LogP contribution in [0.4, 0.5) is 0 Å². The summed E-state index contributed by atoms with van der Waals surface area (Å²) in [5, 5.41) is 29.3. The highest BCUT2D eigenvalue weighted by atomic mass is 16.4. The predicted molar refractivity (Wildman–Crippen MR) is 53.4 cm³/mol. The minimum absolute atomic E-state index is 0.0928. The lowest BCUT2D eigenvalue weighted by Gasteiger charge is -2.15. The molecule has 0 amide bonds. The lowest BCUT2D eigenvalue weighted by Crippen LogP contribution is -2.37. The average molecular weight is 229 g/mol. The molecule has 1 rings (SSSR count). The third-order valence-electron chi connectivity index (χ3n) is 1.92. The standard InChI is InChI=1S/C8H15N5O3/c1-8(2,3)13-11-6(10-12-13)5(14)4(9)7(15)16/h4-5,14H,9H2,1-3H3,(H,15,16). The molecule has 0 saturated heterocycles. The topological polar surface area (TPSA) is 127 Å². The Morgan fingerprint density at radius 2 is 2.06 bits per heavy atom. The van der Waals surface area contributed by atoms with E-state index in [0.717, 1.165) is 0 Å². The van der Waals surface area contributed by atoms with Gasteiger partial charge in [0.1, 0.15) is 12.1 Å². The molecule has 2 unspecified atom stereocenters. The van der Waals surface area contributed by atoms with E-state index in [-0.39, 0.29) is 5.82 Å². The SMILES string of the molecule is CC(C)(C)n1nnc(C(O)C(N)C(=O)O)n1. The number of nitrogens with zero attached hydrogens (tertiary/aromatic N) is 4. The van der Waals surface area contributed by atoms with Crippen LogP contribution in [0, 0.1) is 0 Å². The van der Waals surface area contributed by atoms with Crippen LogP contribution in [-0.2, 0) is 10.3 Å². The molecule has 8 nitrogen and oxygen atoms in total. The molecule has 0 bridgehead atoms. The van der Waals surface area contributed by atoms with Gasteiger partial charge in [-0.05, 0) is 26.0 Å². The normalized spacial score (nSPS) is 15.8. The molecule has 90 valence electrons. The van der Waals surface area contributed by atoms with Crippen molar-refractivity contribution in [3.63, 3.8) is 0 Å². The number of aromatic nitrogens is 4. The van der Waals surface area contributed by atoms with Crippen molar-refractivity contribution < 1.29 is 15.0 Å².